The van der Waals surface area contributed by atoms with Crippen LogP contribution in [-0.4, -0.2) is 57.1 Å². The highest BCUT2D eigenvalue weighted by atomic mass is 32.1. The predicted molar refractivity (Wildman–Crippen MR) is 165 cm³/mol. The minimum atomic E-state index is -1.81. The normalized spacial score (nSPS) is 16.5. The van der Waals surface area contributed by atoms with E-state index in [2.05, 4.69) is 39.5 Å². The van der Waals surface area contributed by atoms with E-state index in [1.807, 2.05) is 6.07 Å². The van der Waals surface area contributed by atoms with Gasteiger partial charge in [-0.15, -0.1) is 0 Å². The maximum Gasteiger partial charge on any atom is 0.279 e. The van der Waals surface area contributed by atoms with E-state index in [0.29, 0.717) is 10.0 Å². The molecule has 0 radical (unpaired) electrons. The summed E-state index contributed by atoms with van der Waals surface area (Å²) in [5.74, 6) is -2.32. The zero-order chi connectivity index (χ0) is 31.2. The van der Waals surface area contributed by atoms with Crippen molar-refractivity contribution in [2.24, 2.45) is 0 Å². The number of thiazole rings is 1. The number of aliphatic hydroxyl groups is 1. The van der Waals surface area contributed by atoms with Gasteiger partial charge in [-0.05, 0) is 43.5 Å². The summed E-state index contributed by atoms with van der Waals surface area (Å²) < 4.78 is 0. The molecule has 9 nitrogen and oxygen atoms in total. The van der Waals surface area contributed by atoms with Crippen molar-refractivity contribution in [1.82, 2.24) is 15.0 Å². The number of carbonyl (C=O) groups excluding carboxylic acids is 3. The zero-order valence-corrected chi connectivity index (χ0v) is 26.4. The highest BCUT2D eigenvalue weighted by Crippen LogP contribution is 2.38. The average molecular weight is 592 g/mol. The summed E-state index contributed by atoms with van der Waals surface area (Å²) in [7, 11) is 0. The summed E-state index contributed by atoms with van der Waals surface area (Å²) in [6.07, 6.45) is 4.03. The van der Waals surface area contributed by atoms with E-state index in [1.54, 1.807) is 31.2 Å². The molecular weight excluding hydrogens is 550 g/mol. The third-order valence-electron chi connectivity index (χ3n) is 7.05. The first-order valence-corrected chi connectivity index (χ1v) is 15.2. The topological polar surface area (TPSA) is 118 Å². The molecule has 2 heterocycles. The van der Waals surface area contributed by atoms with Gasteiger partial charge in [0, 0.05) is 36.6 Å². The summed E-state index contributed by atoms with van der Waals surface area (Å²) in [5, 5.41) is 23.3. The smallest absolute Gasteiger partial charge is 0.279 e. The summed E-state index contributed by atoms with van der Waals surface area (Å²) in [6.45, 7) is 14.9. The minimum absolute atomic E-state index is 0.110. The number of amides is 3. The Kier molecular flexibility index (Phi) is 10.8. The van der Waals surface area contributed by atoms with E-state index in [4.69, 9.17) is 4.98 Å². The summed E-state index contributed by atoms with van der Waals surface area (Å²) >= 11 is 1.47. The molecule has 224 valence electrons. The maximum absolute atomic E-state index is 14.1. The number of hydrogen-bond donors (Lipinski definition) is 1. The zero-order valence-electron chi connectivity index (χ0n) is 25.6. The number of nitrogens with zero attached hydrogens (tertiary/aromatic N) is 5. The number of hydrogen-bond acceptors (Lipinski definition) is 8. The molecule has 1 aliphatic heterocycles. The molecule has 42 heavy (non-hydrogen) atoms. The minimum Gasteiger partial charge on any atom is -0.367 e. The second-order valence-electron chi connectivity index (χ2n) is 11.4. The fourth-order valence-electron chi connectivity index (χ4n) is 4.69. The van der Waals surface area contributed by atoms with Gasteiger partial charge in [-0.1, -0.05) is 77.0 Å². The van der Waals surface area contributed by atoms with Gasteiger partial charge in [0.05, 0.1) is 22.2 Å². The van der Waals surface area contributed by atoms with Gasteiger partial charge in [0.15, 0.2) is 11.4 Å². The number of rotatable bonds is 10. The Morgan fingerprint density at radius 3 is 2.24 bits per heavy atom. The van der Waals surface area contributed by atoms with E-state index in [1.165, 1.54) is 23.5 Å². The monoisotopic (exact) mass is 591 g/mol. The van der Waals surface area contributed by atoms with E-state index >= 15 is 0 Å². The Bertz CT molecular complexity index is 1410. The first-order valence-electron chi connectivity index (χ1n) is 14.4. The lowest BCUT2D eigenvalue weighted by Gasteiger charge is -2.39. The van der Waals surface area contributed by atoms with Crippen molar-refractivity contribution in [2.45, 2.75) is 85.8 Å². The van der Waals surface area contributed by atoms with Crippen LogP contribution in [0.5, 0.6) is 0 Å². The van der Waals surface area contributed by atoms with Crippen molar-refractivity contribution in [2.75, 3.05) is 18.0 Å². The van der Waals surface area contributed by atoms with E-state index in [0.717, 1.165) is 61.4 Å². The highest BCUT2D eigenvalue weighted by molar-refractivity contribution is 7.16. The quantitative estimate of drug-likeness (QED) is 0.345. The second-order valence-corrected chi connectivity index (χ2v) is 12.4. The van der Waals surface area contributed by atoms with Gasteiger partial charge in [-0.3, -0.25) is 14.4 Å². The van der Waals surface area contributed by atoms with Crippen LogP contribution in [0.1, 0.15) is 95.1 Å². The fourth-order valence-corrected chi connectivity index (χ4v) is 5.96. The highest BCUT2D eigenvalue weighted by Gasteiger charge is 2.43. The molecule has 1 unspecified atom stereocenters. The molecule has 1 atom stereocenters. The lowest BCUT2D eigenvalue weighted by atomic mass is 9.89. The van der Waals surface area contributed by atoms with Crippen LogP contribution in [-0.2, 0) is 15.0 Å². The van der Waals surface area contributed by atoms with Gasteiger partial charge < -0.3 is 10.0 Å². The maximum atomic E-state index is 14.1. The standard InChI is InChI=1S/C32H41N5O4S/c1-8-10-17-35(18-11-9-2)31-34-27(32(5,6)7)26(42-31)19-24-21(3)25(20-33)30(41)37(29(24)40)36(22(4)38)28(39)23-15-13-12-14-16-23/h12-16,19,30,41H,8-11,17-18H2,1-7H3/b24-19-. The Hall–Kier alpha value is -3.81. The van der Waals surface area contributed by atoms with Crippen molar-refractivity contribution < 1.29 is 19.5 Å². The number of hydrazine groups is 1. The molecule has 0 saturated heterocycles. The van der Waals surface area contributed by atoms with Crippen LogP contribution in [0.15, 0.2) is 47.1 Å². The van der Waals surface area contributed by atoms with Crippen LogP contribution in [0.2, 0.25) is 0 Å². The summed E-state index contributed by atoms with van der Waals surface area (Å²) in [6, 6.07) is 10.00. The number of aromatic nitrogens is 1. The van der Waals surface area contributed by atoms with E-state index in [9.17, 15) is 24.8 Å². The van der Waals surface area contributed by atoms with Crippen LogP contribution in [0.3, 0.4) is 0 Å². The fraction of sp³-hybridized carbons (Fsp3) is 0.469. The molecule has 1 aromatic carbocycles. The van der Waals surface area contributed by atoms with Crippen molar-refractivity contribution in [3.8, 4) is 6.07 Å². The summed E-state index contributed by atoms with van der Waals surface area (Å²) in [5.41, 5.74) is 0.869. The number of imide groups is 1. The molecule has 3 amide bonds. The molecule has 0 saturated carbocycles. The molecular formula is C32H41N5O4S. The molecule has 0 fully saturated rings. The first-order chi connectivity index (χ1) is 19.9. The number of carbonyl (C=O) groups is 3. The van der Waals surface area contributed by atoms with Crippen LogP contribution < -0.4 is 4.90 Å². The van der Waals surface area contributed by atoms with Gasteiger partial charge in [-0.2, -0.15) is 10.3 Å². The number of unbranched alkanes of at least 4 members (excludes halogenated alkanes) is 2. The number of aliphatic hydroxyl groups excluding tert-OH is 1. The van der Waals surface area contributed by atoms with Gasteiger partial charge in [-0.25, -0.2) is 9.99 Å². The molecule has 0 bridgehead atoms. The SMILES string of the molecule is CCCCN(CCCC)c1nc(C(C)(C)C)c(/C=C2\C(=O)N(N(C(C)=O)C(=O)c3ccccc3)C(O)C(C#N)=C2C)s1. The largest absolute Gasteiger partial charge is 0.367 e. The summed E-state index contributed by atoms with van der Waals surface area (Å²) in [4.78, 5) is 48.3. The van der Waals surface area contributed by atoms with Gasteiger partial charge >= 0.3 is 0 Å². The third kappa shape index (κ3) is 6.97. The second kappa shape index (κ2) is 13.9. The van der Waals surface area contributed by atoms with Crippen molar-refractivity contribution in [3.05, 3.63) is 63.2 Å². The van der Waals surface area contributed by atoms with Gasteiger partial charge in [0.1, 0.15) is 0 Å². The Balaban J connectivity index is 2.19. The third-order valence-corrected chi connectivity index (χ3v) is 8.11. The predicted octanol–water partition coefficient (Wildman–Crippen LogP) is 5.84. The molecule has 1 N–H and O–H groups in total. The van der Waals surface area contributed by atoms with Crippen molar-refractivity contribution in [1.29, 1.82) is 5.26 Å². The van der Waals surface area contributed by atoms with Crippen LogP contribution in [0.25, 0.3) is 6.08 Å². The van der Waals surface area contributed by atoms with Crippen LogP contribution >= 0.6 is 11.3 Å². The Morgan fingerprint density at radius 2 is 1.74 bits per heavy atom. The molecule has 10 heteroatoms. The lowest BCUT2D eigenvalue weighted by Crippen LogP contribution is -2.59. The Morgan fingerprint density at radius 1 is 1.14 bits per heavy atom. The molecule has 1 aromatic heterocycles. The number of nitriles is 1. The molecule has 0 aliphatic carbocycles. The van der Waals surface area contributed by atoms with Crippen molar-refractivity contribution >= 4 is 40.3 Å². The van der Waals surface area contributed by atoms with E-state index in [-0.39, 0.29) is 27.7 Å². The molecule has 3 rings (SSSR count). The Labute approximate surface area is 252 Å². The van der Waals surface area contributed by atoms with Gasteiger partial charge in [0.2, 0.25) is 5.91 Å². The van der Waals surface area contributed by atoms with E-state index < -0.39 is 23.9 Å². The van der Waals surface area contributed by atoms with Crippen molar-refractivity contribution in [3.63, 3.8) is 0 Å². The lowest BCUT2D eigenvalue weighted by molar-refractivity contribution is -0.169. The number of anilines is 1. The first kappa shape index (κ1) is 32.7. The molecule has 0 spiro atoms. The molecule has 1 aliphatic rings. The van der Waals surface area contributed by atoms with Crippen LogP contribution in [0.4, 0.5) is 5.13 Å². The molecule has 2 aromatic rings. The number of benzene rings is 1. The average Bonchev–Trinajstić information content (AvgIpc) is 3.38. The van der Waals surface area contributed by atoms with Gasteiger partial charge in [0.25, 0.3) is 11.8 Å². The van der Waals surface area contributed by atoms with Crippen LogP contribution in [0, 0.1) is 11.3 Å².